The zero-order valence-electron chi connectivity index (χ0n) is 11.4. The van der Waals surface area contributed by atoms with Gasteiger partial charge in [0.1, 0.15) is 0 Å². The van der Waals surface area contributed by atoms with Gasteiger partial charge in [0.05, 0.1) is 5.92 Å². The van der Waals surface area contributed by atoms with Crippen LogP contribution in [-0.4, -0.2) is 36.1 Å². The molecular formula is C16H21NO2. The quantitative estimate of drug-likeness (QED) is 0.907. The molecule has 1 aliphatic heterocycles. The highest BCUT2D eigenvalue weighted by atomic mass is 16.4. The van der Waals surface area contributed by atoms with Gasteiger partial charge in [0.25, 0.3) is 0 Å². The van der Waals surface area contributed by atoms with Gasteiger partial charge >= 0.3 is 5.97 Å². The molecule has 1 saturated heterocycles. The Morgan fingerprint density at radius 1 is 1.37 bits per heavy atom. The lowest BCUT2D eigenvalue weighted by Gasteiger charge is -2.30. The first kappa shape index (κ1) is 12.7. The summed E-state index contributed by atoms with van der Waals surface area (Å²) in [5.41, 5.74) is 2.61. The number of nitrogens with zero attached hydrogens (tertiary/aromatic N) is 1. The van der Waals surface area contributed by atoms with Gasteiger partial charge in [-0.05, 0) is 55.8 Å². The van der Waals surface area contributed by atoms with Gasteiger partial charge in [-0.15, -0.1) is 0 Å². The molecule has 1 heterocycles. The van der Waals surface area contributed by atoms with Crippen LogP contribution in [0.1, 0.15) is 42.2 Å². The van der Waals surface area contributed by atoms with Gasteiger partial charge in [0.15, 0.2) is 0 Å². The Balaban J connectivity index is 1.75. The molecule has 3 heteroatoms. The van der Waals surface area contributed by atoms with Crippen molar-refractivity contribution in [3.8, 4) is 0 Å². The van der Waals surface area contributed by atoms with Gasteiger partial charge in [-0.1, -0.05) is 24.3 Å². The van der Waals surface area contributed by atoms with Crippen molar-refractivity contribution in [2.45, 2.75) is 31.1 Å². The summed E-state index contributed by atoms with van der Waals surface area (Å²) < 4.78 is 0. The Bertz CT molecular complexity index is 485. The van der Waals surface area contributed by atoms with Crippen molar-refractivity contribution in [3.63, 3.8) is 0 Å². The molecule has 1 aromatic carbocycles. The Hall–Kier alpha value is -1.35. The number of hydrogen-bond donors (Lipinski definition) is 1. The van der Waals surface area contributed by atoms with E-state index in [-0.39, 0.29) is 11.8 Å². The molecule has 0 bridgehead atoms. The van der Waals surface area contributed by atoms with E-state index >= 15 is 0 Å². The van der Waals surface area contributed by atoms with Crippen molar-refractivity contribution in [3.05, 3.63) is 35.4 Å². The maximum Gasteiger partial charge on any atom is 0.307 e. The van der Waals surface area contributed by atoms with Crippen molar-refractivity contribution >= 4 is 5.97 Å². The number of benzene rings is 1. The number of carbonyl (C=O) groups is 1. The maximum absolute atomic E-state index is 11.0. The van der Waals surface area contributed by atoms with Gasteiger partial charge < -0.3 is 10.0 Å². The zero-order chi connectivity index (χ0) is 13.4. The number of likely N-dealkylation sites (N-methyl/N-ethyl adjacent to an activating group) is 1. The molecule has 1 aromatic rings. The normalized spacial score (nSPS) is 31.1. The van der Waals surface area contributed by atoms with Crippen molar-refractivity contribution in [2.24, 2.45) is 5.92 Å². The molecule has 3 nitrogen and oxygen atoms in total. The Kier molecular flexibility index (Phi) is 3.31. The summed E-state index contributed by atoms with van der Waals surface area (Å²) in [5.74, 6) is 0.0663. The smallest absolute Gasteiger partial charge is 0.307 e. The van der Waals surface area contributed by atoms with Crippen LogP contribution in [0.3, 0.4) is 0 Å². The summed E-state index contributed by atoms with van der Waals surface area (Å²) in [7, 11) is 2.18. The molecule has 3 atom stereocenters. The predicted molar refractivity (Wildman–Crippen MR) is 74.4 cm³/mol. The van der Waals surface area contributed by atoms with Crippen LogP contribution in [0, 0.1) is 5.92 Å². The lowest BCUT2D eigenvalue weighted by Crippen LogP contribution is -2.30. The van der Waals surface area contributed by atoms with Gasteiger partial charge in [0.2, 0.25) is 0 Å². The number of hydrogen-bond acceptors (Lipinski definition) is 2. The van der Waals surface area contributed by atoms with Crippen LogP contribution in [0.25, 0.3) is 0 Å². The minimum absolute atomic E-state index is 0.149. The molecule has 3 rings (SSSR count). The van der Waals surface area contributed by atoms with E-state index in [1.165, 1.54) is 30.5 Å². The third kappa shape index (κ3) is 2.66. The number of rotatable bonds is 3. The van der Waals surface area contributed by atoms with E-state index in [4.69, 9.17) is 5.11 Å². The van der Waals surface area contributed by atoms with Crippen molar-refractivity contribution in [2.75, 3.05) is 20.1 Å². The van der Waals surface area contributed by atoms with E-state index in [1.807, 2.05) is 0 Å². The number of likely N-dealkylation sites (tertiary alicyclic amines) is 1. The fraction of sp³-hybridized carbons (Fsp3) is 0.562. The van der Waals surface area contributed by atoms with Crippen LogP contribution in [0.4, 0.5) is 0 Å². The van der Waals surface area contributed by atoms with Crippen LogP contribution < -0.4 is 0 Å². The molecule has 2 aliphatic rings. The topological polar surface area (TPSA) is 40.5 Å². The number of aliphatic carboxylic acids is 1. The number of carboxylic acids is 1. The van der Waals surface area contributed by atoms with Crippen LogP contribution in [0.5, 0.6) is 0 Å². The van der Waals surface area contributed by atoms with Gasteiger partial charge in [-0.25, -0.2) is 0 Å². The number of piperidine rings is 1. The monoisotopic (exact) mass is 259 g/mol. The largest absolute Gasteiger partial charge is 0.481 e. The first-order chi connectivity index (χ1) is 9.15. The fourth-order valence-electron chi connectivity index (χ4n) is 3.32. The highest BCUT2D eigenvalue weighted by molar-refractivity contribution is 5.75. The van der Waals surface area contributed by atoms with Crippen LogP contribution in [0.2, 0.25) is 0 Å². The van der Waals surface area contributed by atoms with Crippen molar-refractivity contribution < 1.29 is 9.90 Å². The average Bonchev–Trinajstić information content (AvgIpc) is 3.19. The average molecular weight is 259 g/mol. The molecule has 0 aromatic heterocycles. The molecular weight excluding hydrogens is 238 g/mol. The van der Waals surface area contributed by atoms with E-state index in [0.717, 1.165) is 13.0 Å². The predicted octanol–water partition coefficient (Wildman–Crippen LogP) is 2.68. The molecule has 19 heavy (non-hydrogen) atoms. The second-order valence-corrected chi connectivity index (χ2v) is 6.06. The second kappa shape index (κ2) is 4.97. The Morgan fingerprint density at radius 2 is 2.16 bits per heavy atom. The molecule has 1 saturated carbocycles. The van der Waals surface area contributed by atoms with Crippen molar-refractivity contribution in [1.29, 1.82) is 0 Å². The van der Waals surface area contributed by atoms with E-state index < -0.39 is 5.97 Å². The Labute approximate surface area is 114 Å². The third-order valence-electron chi connectivity index (χ3n) is 4.54. The highest BCUT2D eigenvalue weighted by Gasteiger charge is 2.44. The van der Waals surface area contributed by atoms with Crippen LogP contribution in [-0.2, 0) is 4.79 Å². The molecule has 0 amide bonds. The summed E-state index contributed by atoms with van der Waals surface area (Å²) in [4.78, 5) is 13.4. The standard InChI is InChI=1S/C16H21NO2/c1-17-7-3-6-13(10-17)11-4-2-5-12(8-11)14-9-15(14)16(18)19/h2,4-5,8,13-15H,3,6-7,9-10H2,1H3,(H,18,19). The first-order valence-corrected chi connectivity index (χ1v) is 7.16. The minimum atomic E-state index is -0.646. The molecule has 3 unspecified atom stereocenters. The second-order valence-electron chi connectivity index (χ2n) is 6.06. The van der Waals surface area contributed by atoms with Crippen LogP contribution in [0.15, 0.2) is 24.3 Å². The first-order valence-electron chi connectivity index (χ1n) is 7.16. The van der Waals surface area contributed by atoms with Gasteiger partial charge in [-0.3, -0.25) is 4.79 Å². The summed E-state index contributed by atoms with van der Waals surface area (Å²) >= 11 is 0. The Morgan fingerprint density at radius 3 is 2.84 bits per heavy atom. The van der Waals surface area contributed by atoms with Crippen LogP contribution >= 0.6 is 0 Å². The zero-order valence-corrected chi connectivity index (χ0v) is 11.4. The lowest BCUT2D eigenvalue weighted by atomic mass is 9.89. The third-order valence-corrected chi connectivity index (χ3v) is 4.54. The summed E-state index contributed by atoms with van der Waals surface area (Å²) in [6.45, 7) is 2.32. The van der Waals surface area contributed by atoms with E-state index in [1.54, 1.807) is 0 Å². The molecule has 102 valence electrons. The van der Waals surface area contributed by atoms with Gasteiger partial charge in [0, 0.05) is 6.54 Å². The van der Waals surface area contributed by atoms with E-state index in [9.17, 15) is 4.79 Å². The molecule has 0 spiro atoms. The molecule has 2 fully saturated rings. The molecule has 0 radical (unpaired) electrons. The fourth-order valence-corrected chi connectivity index (χ4v) is 3.32. The lowest BCUT2D eigenvalue weighted by molar-refractivity contribution is -0.138. The minimum Gasteiger partial charge on any atom is -0.481 e. The number of carboxylic acid groups (broad SMARTS) is 1. The molecule has 1 N–H and O–H groups in total. The maximum atomic E-state index is 11.0. The highest BCUT2D eigenvalue weighted by Crippen LogP contribution is 2.48. The van der Waals surface area contributed by atoms with Crippen molar-refractivity contribution in [1.82, 2.24) is 4.90 Å². The van der Waals surface area contributed by atoms with E-state index in [0.29, 0.717) is 5.92 Å². The molecule has 1 aliphatic carbocycles. The summed E-state index contributed by atoms with van der Waals surface area (Å²) in [5, 5.41) is 9.03. The summed E-state index contributed by atoms with van der Waals surface area (Å²) in [6.07, 6.45) is 3.32. The van der Waals surface area contributed by atoms with E-state index in [2.05, 4.69) is 36.2 Å². The SMILES string of the molecule is CN1CCCC(c2cccc(C3CC3C(=O)O)c2)C1. The summed E-state index contributed by atoms with van der Waals surface area (Å²) in [6, 6.07) is 8.63. The van der Waals surface area contributed by atoms with Gasteiger partial charge in [-0.2, -0.15) is 0 Å².